The van der Waals surface area contributed by atoms with Crippen LogP contribution in [0.1, 0.15) is 15.9 Å². The van der Waals surface area contributed by atoms with E-state index in [1.807, 2.05) is 30.3 Å². The van der Waals surface area contributed by atoms with Crippen LogP contribution in [-0.2, 0) is 6.54 Å². The van der Waals surface area contributed by atoms with E-state index in [0.29, 0.717) is 23.5 Å². The molecular formula is C21H15ClFN3O2. The normalized spacial score (nSPS) is 12.3. The Labute approximate surface area is 165 Å². The third kappa shape index (κ3) is 3.54. The van der Waals surface area contributed by atoms with E-state index < -0.39 is 11.8 Å². The third-order valence-electron chi connectivity index (χ3n) is 4.48. The number of rotatable bonds is 3. The number of urea groups is 1. The maximum absolute atomic E-state index is 13.2. The van der Waals surface area contributed by atoms with E-state index >= 15 is 0 Å². The number of hydrogen-bond acceptors (Lipinski definition) is 2. The predicted octanol–water partition coefficient (Wildman–Crippen LogP) is 5.03. The van der Waals surface area contributed by atoms with Gasteiger partial charge in [-0.25, -0.2) is 9.18 Å². The second-order valence-corrected chi connectivity index (χ2v) is 6.71. The number of benzene rings is 3. The Morgan fingerprint density at radius 2 is 1.64 bits per heavy atom. The minimum Gasteiger partial charge on any atom is -0.348 e. The summed E-state index contributed by atoms with van der Waals surface area (Å²) in [6.07, 6.45) is 0. The molecule has 0 saturated heterocycles. The van der Waals surface area contributed by atoms with Gasteiger partial charge in [0.15, 0.2) is 0 Å². The summed E-state index contributed by atoms with van der Waals surface area (Å²) in [4.78, 5) is 23.9. The number of hydrogen-bond donors (Lipinski definition) is 3. The first-order valence-corrected chi connectivity index (χ1v) is 8.92. The van der Waals surface area contributed by atoms with Crippen LogP contribution in [0.25, 0.3) is 11.1 Å². The summed E-state index contributed by atoms with van der Waals surface area (Å²) < 4.78 is 13.2. The predicted molar refractivity (Wildman–Crippen MR) is 107 cm³/mol. The van der Waals surface area contributed by atoms with E-state index in [2.05, 4.69) is 16.0 Å². The minimum atomic E-state index is -0.549. The quantitative estimate of drug-likeness (QED) is 0.581. The molecule has 0 fully saturated rings. The highest BCUT2D eigenvalue weighted by Crippen LogP contribution is 2.30. The molecule has 0 spiro atoms. The van der Waals surface area contributed by atoms with Crippen molar-refractivity contribution >= 4 is 34.9 Å². The number of carbonyl (C=O) groups excluding carboxylic acids is 2. The zero-order valence-electron chi connectivity index (χ0n) is 14.6. The van der Waals surface area contributed by atoms with Crippen LogP contribution in [0, 0.1) is 5.82 Å². The number of anilines is 2. The maximum Gasteiger partial charge on any atom is 0.323 e. The third-order valence-corrected chi connectivity index (χ3v) is 4.77. The Bertz CT molecular complexity index is 1080. The molecule has 3 N–H and O–H groups in total. The summed E-state index contributed by atoms with van der Waals surface area (Å²) >= 11 is 5.71. The molecule has 0 radical (unpaired) electrons. The van der Waals surface area contributed by atoms with Crippen molar-refractivity contribution in [2.24, 2.45) is 0 Å². The van der Waals surface area contributed by atoms with Crippen molar-refractivity contribution in [3.63, 3.8) is 0 Å². The van der Waals surface area contributed by atoms with Crippen LogP contribution in [0.2, 0.25) is 5.02 Å². The fourth-order valence-electron chi connectivity index (χ4n) is 3.12. The van der Waals surface area contributed by atoms with E-state index in [0.717, 1.165) is 16.7 Å². The van der Waals surface area contributed by atoms with Crippen molar-refractivity contribution in [1.82, 2.24) is 5.32 Å². The summed E-state index contributed by atoms with van der Waals surface area (Å²) in [6.45, 7) is 0.507. The molecule has 4 rings (SSSR count). The monoisotopic (exact) mass is 395 g/mol. The van der Waals surface area contributed by atoms with Gasteiger partial charge in [-0.2, -0.15) is 0 Å². The number of amides is 3. The Kier molecular flexibility index (Phi) is 4.71. The summed E-state index contributed by atoms with van der Waals surface area (Å²) in [5.41, 5.74) is 4.57. The van der Waals surface area contributed by atoms with Crippen molar-refractivity contribution in [3.05, 3.63) is 82.6 Å². The molecule has 0 unspecified atom stereocenters. The average Bonchev–Trinajstić information content (AvgIpc) is 3.07. The Morgan fingerprint density at radius 3 is 2.39 bits per heavy atom. The largest absolute Gasteiger partial charge is 0.348 e. The first-order valence-electron chi connectivity index (χ1n) is 8.55. The van der Waals surface area contributed by atoms with Crippen LogP contribution in [0.5, 0.6) is 0 Å². The fraction of sp³-hybridized carbons (Fsp3) is 0.0476. The van der Waals surface area contributed by atoms with Crippen molar-refractivity contribution in [1.29, 1.82) is 0 Å². The first-order chi connectivity index (χ1) is 13.5. The van der Waals surface area contributed by atoms with Gasteiger partial charge in [0.1, 0.15) is 5.82 Å². The van der Waals surface area contributed by atoms with E-state index in [9.17, 15) is 14.0 Å². The Balaban J connectivity index is 1.47. The molecule has 1 aliphatic rings. The van der Waals surface area contributed by atoms with E-state index in [-0.39, 0.29) is 10.9 Å². The highest BCUT2D eigenvalue weighted by atomic mass is 35.5. The fourth-order valence-corrected chi connectivity index (χ4v) is 3.31. The number of halogens is 2. The molecule has 7 heteroatoms. The van der Waals surface area contributed by atoms with E-state index in [4.69, 9.17) is 11.6 Å². The van der Waals surface area contributed by atoms with Gasteiger partial charge in [-0.15, -0.1) is 0 Å². The molecule has 0 aromatic heterocycles. The second kappa shape index (κ2) is 7.32. The van der Waals surface area contributed by atoms with Gasteiger partial charge in [0.05, 0.1) is 5.02 Å². The van der Waals surface area contributed by atoms with Crippen LogP contribution < -0.4 is 16.0 Å². The average molecular weight is 396 g/mol. The lowest BCUT2D eigenvalue weighted by atomic mass is 9.97. The van der Waals surface area contributed by atoms with Gasteiger partial charge in [0.2, 0.25) is 0 Å². The van der Waals surface area contributed by atoms with Gasteiger partial charge in [-0.3, -0.25) is 4.79 Å². The second-order valence-electron chi connectivity index (χ2n) is 6.30. The lowest BCUT2D eigenvalue weighted by Crippen LogP contribution is -2.19. The lowest BCUT2D eigenvalue weighted by Gasteiger charge is -2.10. The van der Waals surface area contributed by atoms with Gasteiger partial charge < -0.3 is 16.0 Å². The first kappa shape index (κ1) is 18.0. The van der Waals surface area contributed by atoms with Crippen LogP contribution in [0.4, 0.5) is 20.6 Å². The van der Waals surface area contributed by atoms with Gasteiger partial charge in [0.25, 0.3) is 5.91 Å². The smallest absolute Gasteiger partial charge is 0.323 e. The maximum atomic E-state index is 13.2. The minimum absolute atomic E-state index is 0.0623. The van der Waals surface area contributed by atoms with Crippen molar-refractivity contribution in [2.75, 3.05) is 10.6 Å². The van der Waals surface area contributed by atoms with Crippen LogP contribution in [0.15, 0.2) is 60.7 Å². The number of carbonyl (C=O) groups is 2. The molecule has 140 valence electrons. The summed E-state index contributed by atoms with van der Waals surface area (Å²) in [5, 5.41) is 8.07. The van der Waals surface area contributed by atoms with Crippen molar-refractivity contribution in [3.8, 4) is 11.1 Å². The molecule has 5 nitrogen and oxygen atoms in total. The van der Waals surface area contributed by atoms with Crippen LogP contribution in [0.3, 0.4) is 0 Å². The van der Waals surface area contributed by atoms with Gasteiger partial charge in [0, 0.05) is 23.5 Å². The Morgan fingerprint density at radius 1 is 0.964 bits per heavy atom. The molecule has 28 heavy (non-hydrogen) atoms. The molecule has 1 aliphatic heterocycles. The standard InChI is InChI=1S/C21H15ClFN3O2/c22-18-10-14(8-9-19(18)23)26-21(28)25-13-6-4-12(5-7-13)15-2-1-3-16-17(15)11-24-20(16)27/h1-10H,11H2,(H,24,27)(H2,25,26,28). The summed E-state index contributed by atoms with van der Waals surface area (Å²) in [7, 11) is 0. The molecule has 3 aromatic rings. The van der Waals surface area contributed by atoms with Crippen molar-refractivity contribution < 1.29 is 14.0 Å². The SMILES string of the molecule is O=C(Nc1ccc(-c2cccc3c2CNC3=O)cc1)Nc1ccc(F)c(Cl)c1. The van der Waals surface area contributed by atoms with Crippen LogP contribution in [-0.4, -0.2) is 11.9 Å². The molecule has 0 aliphatic carbocycles. The Hall–Kier alpha value is -3.38. The summed E-state index contributed by atoms with van der Waals surface area (Å²) in [5.74, 6) is -0.611. The van der Waals surface area contributed by atoms with Gasteiger partial charge in [-0.1, -0.05) is 35.9 Å². The molecule has 0 atom stereocenters. The molecule has 0 bridgehead atoms. The van der Waals surface area contributed by atoms with E-state index in [1.54, 1.807) is 12.1 Å². The molecule has 1 heterocycles. The molecule has 3 amide bonds. The topological polar surface area (TPSA) is 70.2 Å². The molecular weight excluding hydrogens is 381 g/mol. The summed E-state index contributed by atoms with van der Waals surface area (Å²) in [6, 6.07) is 16.4. The molecule has 0 saturated carbocycles. The van der Waals surface area contributed by atoms with Crippen LogP contribution >= 0.6 is 11.6 Å². The zero-order valence-corrected chi connectivity index (χ0v) is 15.3. The van der Waals surface area contributed by atoms with Crippen molar-refractivity contribution in [2.45, 2.75) is 6.54 Å². The zero-order chi connectivity index (χ0) is 19.7. The molecule has 3 aromatic carbocycles. The van der Waals surface area contributed by atoms with Gasteiger partial charge >= 0.3 is 6.03 Å². The van der Waals surface area contributed by atoms with Gasteiger partial charge in [-0.05, 0) is 53.1 Å². The van der Waals surface area contributed by atoms with E-state index in [1.165, 1.54) is 18.2 Å². The lowest BCUT2D eigenvalue weighted by molar-refractivity contribution is 0.0965. The number of fused-ring (bicyclic) bond motifs is 1. The highest BCUT2D eigenvalue weighted by Gasteiger charge is 2.21. The highest BCUT2D eigenvalue weighted by molar-refractivity contribution is 6.31. The number of nitrogens with one attached hydrogen (secondary N) is 3.